The lowest BCUT2D eigenvalue weighted by Crippen LogP contribution is -2.32. The van der Waals surface area contributed by atoms with Crippen LogP contribution in [-0.2, 0) is 6.42 Å². The number of para-hydroxylation sites is 1. The Morgan fingerprint density at radius 3 is 2.89 bits per heavy atom. The first-order valence-corrected chi connectivity index (χ1v) is 7.52. The van der Waals surface area contributed by atoms with Crippen LogP contribution in [0.5, 0.6) is 5.75 Å². The molecule has 0 amide bonds. The maximum atomic E-state index is 5.79. The lowest BCUT2D eigenvalue weighted by atomic mass is 9.97. The van der Waals surface area contributed by atoms with E-state index in [9.17, 15) is 0 Å². The molecule has 106 valence electrons. The molecule has 2 rings (SSSR count). The van der Waals surface area contributed by atoms with Gasteiger partial charge in [-0.15, -0.1) is 0 Å². The minimum Gasteiger partial charge on any atom is -0.493 e. The van der Waals surface area contributed by atoms with Crippen molar-refractivity contribution in [3.63, 3.8) is 0 Å². The van der Waals surface area contributed by atoms with Crippen molar-refractivity contribution in [2.24, 2.45) is 5.92 Å². The Kier molecular flexibility index (Phi) is 6.18. The molecule has 0 bridgehead atoms. The molecule has 1 aromatic carbocycles. The first-order valence-electron chi connectivity index (χ1n) is 7.52. The lowest BCUT2D eigenvalue weighted by Gasteiger charge is -2.25. The first kappa shape index (κ1) is 14.4. The Balaban J connectivity index is 1.58. The van der Waals surface area contributed by atoms with Gasteiger partial charge in [0.25, 0.3) is 0 Å². The smallest absolute Gasteiger partial charge is 0.122 e. The fraction of sp³-hybridized carbons (Fsp3) is 0.625. The van der Waals surface area contributed by atoms with Crippen LogP contribution in [0.25, 0.3) is 0 Å². The van der Waals surface area contributed by atoms with Crippen LogP contribution >= 0.6 is 0 Å². The van der Waals surface area contributed by atoms with Crippen LogP contribution in [0.4, 0.5) is 0 Å². The van der Waals surface area contributed by atoms with Crippen LogP contribution in [0.2, 0.25) is 0 Å². The van der Waals surface area contributed by atoms with Crippen molar-refractivity contribution in [3.8, 4) is 5.75 Å². The zero-order valence-corrected chi connectivity index (χ0v) is 12.0. The van der Waals surface area contributed by atoms with E-state index in [4.69, 9.17) is 4.74 Å². The summed E-state index contributed by atoms with van der Waals surface area (Å²) in [6.45, 7) is 7.44. The topological polar surface area (TPSA) is 33.3 Å². The second-order valence-electron chi connectivity index (χ2n) is 5.30. The predicted molar refractivity (Wildman–Crippen MR) is 79.8 cm³/mol. The van der Waals surface area contributed by atoms with E-state index < -0.39 is 0 Å². The van der Waals surface area contributed by atoms with Crippen molar-refractivity contribution >= 4 is 0 Å². The summed E-state index contributed by atoms with van der Waals surface area (Å²) in [5.41, 5.74) is 1.35. The molecular weight excluding hydrogens is 236 g/mol. The highest BCUT2D eigenvalue weighted by molar-refractivity contribution is 5.35. The Morgan fingerprint density at radius 1 is 1.16 bits per heavy atom. The monoisotopic (exact) mass is 262 g/mol. The van der Waals surface area contributed by atoms with E-state index >= 15 is 0 Å². The molecule has 0 spiro atoms. The van der Waals surface area contributed by atoms with Gasteiger partial charge in [-0.3, -0.25) is 0 Å². The molecule has 2 N–H and O–H groups in total. The molecule has 0 saturated heterocycles. The number of rotatable bonds is 8. The molecule has 3 nitrogen and oxygen atoms in total. The Labute approximate surface area is 116 Å². The van der Waals surface area contributed by atoms with Crippen LogP contribution in [0.3, 0.4) is 0 Å². The normalized spacial score (nSPS) is 17.8. The molecule has 1 aliphatic rings. The number of nitrogens with one attached hydrogen (secondary N) is 2. The van der Waals surface area contributed by atoms with Gasteiger partial charge in [-0.1, -0.05) is 25.1 Å². The lowest BCUT2D eigenvalue weighted by molar-refractivity contribution is 0.218. The Morgan fingerprint density at radius 2 is 2.00 bits per heavy atom. The highest BCUT2D eigenvalue weighted by atomic mass is 16.5. The number of ether oxygens (including phenoxy) is 1. The first-order chi connectivity index (χ1) is 9.40. The second kappa shape index (κ2) is 8.18. The minimum atomic E-state index is 0.610. The molecule has 0 saturated carbocycles. The van der Waals surface area contributed by atoms with E-state index in [0.29, 0.717) is 5.92 Å². The molecule has 3 heteroatoms. The van der Waals surface area contributed by atoms with Crippen LogP contribution in [-0.4, -0.2) is 32.8 Å². The summed E-state index contributed by atoms with van der Waals surface area (Å²) in [6, 6.07) is 8.38. The summed E-state index contributed by atoms with van der Waals surface area (Å²) in [5.74, 6) is 1.68. The third-order valence-electron chi connectivity index (χ3n) is 3.52. The van der Waals surface area contributed by atoms with Crippen LogP contribution in [0.1, 0.15) is 25.3 Å². The largest absolute Gasteiger partial charge is 0.493 e. The molecular formula is C16H26N2O. The number of benzene rings is 1. The van der Waals surface area contributed by atoms with Gasteiger partial charge in [0, 0.05) is 12.5 Å². The molecule has 1 unspecified atom stereocenters. The zero-order chi connectivity index (χ0) is 13.3. The molecule has 1 atom stereocenters. The van der Waals surface area contributed by atoms with Gasteiger partial charge in [0.2, 0.25) is 0 Å². The Hall–Kier alpha value is -1.06. The predicted octanol–water partition coefficient (Wildman–Crippen LogP) is 2.22. The third kappa shape index (κ3) is 4.84. The molecule has 0 aromatic heterocycles. The summed E-state index contributed by atoms with van der Waals surface area (Å²) < 4.78 is 5.79. The standard InChI is InChI=1S/C16H26N2O/c1-2-8-17-9-5-10-18-12-14-11-15-6-3-4-7-16(15)19-13-14/h3-4,6-7,14,17-18H,2,5,8-13H2,1H3. The highest BCUT2D eigenvalue weighted by Gasteiger charge is 2.18. The number of fused-ring (bicyclic) bond motifs is 1. The van der Waals surface area contributed by atoms with Gasteiger partial charge >= 0.3 is 0 Å². The SMILES string of the molecule is CCCNCCCNCC1COc2ccccc2C1. The summed E-state index contributed by atoms with van der Waals surface area (Å²) in [6.07, 6.45) is 3.55. The summed E-state index contributed by atoms with van der Waals surface area (Å²) in [4.78, 5) is 0. The molecule has 0 radical (unpaired) electrons. The van der Waals surface area contributed by atoms with Crippen LogP contribution in [0, 0.1) is 5.92 Å². The van der Waals surface area contributed by atoms with Gasteiger partial charge in [0.05, 0.1) is 6.61 Å². The summed E-state index contributed by atoms with van der Waals surface area (Å²) >= 11 is 0. The average molecular weight is 262 g/mol. The Bertz CT molecular complexity index is 368. The third-order valence-corrected chi connectivity index (χ3v) is 3.52. The van der Waals surface area contributed by atoms with Gasteiger partial charge in [0.1, 0.15) is 5.75 Å². The van der Waals surface area contributed by atoms with Gasteiger partial charge in [-0.25, -0.2) is 0 Å². The fourth-order valence-corrected chi connectivity index (χ4v) is 2.47. The molecule has 1 heterocycles. The van der Waals surface area contributed by atoms with E-state index in [2.05, 4.69) is 35.8 Å². The van der Waals surface area contributed by atoms with E-state index in [1.807, 2.05) is 6.07 Å². The maximum absolute atomic E-state index is 5.79. The van der Waals surface area contributed by atoms with Crippen molar-refractivity contribution in [2.45, 2.75) is 26.2 Å². The van der Waals surface area contributed by atoms with Crippen molar-refractivity contribution in [3.05, 3.63) is 29.8 Å². The van der Waals surface area contributed by atoms with E-state index in [0.717, 1.165) is 45.0 Å². The summed E-state index contributed by atoms with van der Waals surface area (Å²) in [7, 11) is 0. The second-order valence-corrected chi connectivity index (χ2v) is 5.30. The van der Waals surface area contributed by atoms with Crippen LogP contribution < -0.4 is 15.4 Å². The van der Waals surface area contributed by atoms with Gasteiger partial charge in [-0.05, 0) is 50.5 Å². The molecule has 19 heavy (non-hydrogen) atoms. The quantitative estimate of drug-likeness (QED) is 0.705. The average Bonchev–Trinajstić information content (AvgIpc) is 2.46. The van der Waals surface area contributed by atoms with E-state index in [1.54, 1.807) is 0 Å². The van der Waals surface area contributed by atoms with Gasteiger partial charge < -0.3 is 15.4 Å². The van der Waals surface area contributed by atoms with E-state index in [1.165, 1.54) is 18.4 Å². The fourth-order valence-electron chi connectivity index (χ4n) is 2.47. The zero-order valence-electron chi connectivity index (χ0n) is 12.0. The molecule has 0 fully saturated rings. The maximum Gasteiger partial charge on any atom is 0.122 e. The van der Waals surface area contributed by atoms with Crippen LogP contribution in [0.15, 0.2) is 24.3 Å². The van der Waals surface area contributed by atoms with Crippen molar-refractivity contribution in [1.82, 2.24) is 10.6 Å². The summed E-state index contributed by atoms with van der Waals surface area (Å²) in [5, 5.41) is 6.96. The van der Waals surface area contributed by atoms with E-state index in [-0.39, 0.29) is 0 Å². The van der Waals surface area contributed by atoms with Crippen molar-refractivity contribution in [2.75, 3.05) is 32.8 Å². The van der Waals surface area contributed by atoms with Crippen molar-refractivity contribution in [1.29, 1.82) is 0 Å². The number of hydrogen-bond donors (Lipinski definition) is 2. The molecule has 1 aromatic rings. The van der Waals surface area contributed by atoms with Crippen molar-refractivity contribution < 1.29 is 4.74 Å². The minimum absolute atomic E-state index is 0.610. The van der Waals surface area contributed by atoms with Gasteiger partial charge in [0.15, 0.2) is 0 Å². The molecule has 1 aliphatic heterocycles. The van der Waals surface area contributed by atoms with Gasteiger partial charge in [-0.2, -0.15) is 0 Å². The molecule has 0 aliphatic carbocycles. The number of hydrogen-bond acceptors (Lipinski definition) is 3. The highest BCUT2D eigenvalue weighted by Crippen LogP contribution is 2.26.